The molecule has 2 amide bonds. The average molecular weight is 575 g/mol. The number of benzene rings is 2. The molecule has 5 rings (SSSR count). The number of nitrogens with zero attached hydrogens (tertiary/aromatic N) is 4. The number of aromatic nitrogens is 4. The second-order valence-corrected chi connectivity index (χ2v) is 9.84. The topological polar surface area (TPSA) is 190 Å². The highest BCUT2D eigenvalue weighted by molar-refractivity contribution is 5.94. The Hall–Kier alpha value is -4.43. The molecule has 1 fully saturated rings. The molecule has 2 aromatic carbocycles. The normalized spacial score (nSPS) is 20.1. The fraction of sp³-hybridized carbons (Fsp3) is 0.345. The summed E-state index contributed by atoms with van der Waals surface area (Å²) in [6.45, 7) is 2.93. The Morgan fingerprint density at radius 2 is 1.67 bits per heavy atom. The lowest BCUT2D eigenvalue weighted by atomic mass is 9.91. The lowest BCUT2D eigenvalue weighted by Crippen LogP contribution is -2.42. The molecule has 1 aliphatic rings. The number of carbonyl (C=O) groups is 2. The van der Waals surface area contributed by atoms with Crippen molar-refractivity contribution < 1.29 is 24.5 Å². The van der Waals surface area contributed by atoms with Crippen LogP contribution in [0.3, 0.4) is 0 Å². The number of hydrogen-bond acceptors (Lipinski definition) is 10. The summed E-state index contributed by atoms with van der Waals surface area (Å²) in [5, 5.41) is 30.0. The standard InChI is InChI=1S/C29H34N8O5/c1-2-31-27(40)23-21(38)22(39)29(42-23)37-16-34-20-24(35-25(36-26(20)37)28(41)32-14-13-30)33-15-19(17-9-5-3-6-10-17)18-11-7-4-8-12-18/h3-12,16,19,21-23,29,38-39H,2,13-15,30H2,1H3,(H,31,40)(H,32,41)(H,33,35,36)/t21-,22-,23+,29-/m1/s1. The van der Waals surface area contributed by atoms with Crippen molar-refractivity contribution in [2.24, 2.45) is 5.73 Å². The van der Waals surface area contributed by atoms with Gasteiger partial charge in [-0.25, -0.2) is 15.0 Å². The fourth-order valence-corrected chi connectivity index (χ4v) is 4.97. The van der Waals surface area contributed by atoms with Crippen molar-refractivity contribution in [1.82, 2.24) is 30.2 Å². The Balaban J connectivity index is 1.52. The SMILES string of the molecule is CCNC(=O)[C@H]1O[C@@H](n2cnc3c(NCC(c4ccccc4)c4ccccc4)nc(C(=O)NCCN)nc32)[C@H](O)[C@H]1O. The number of amides is 2. The van der Waals surface area contributed by atoms with Gasteiger partial charge in [-0.05, 0) is 18.1 Å². The molecule has 0 radical (unpaired) electrons. The summed E-state index contributed by atoms with van der Waals surface area (Å²) < 4.78 is 7.17. The predicted octanol–water partition coefficient (Wildman–Crippen LogP) is 0.514. The fourth-order valence-electron chi connectivity index (χ4n) is 4.97. The van der Waals surface area contributed by atoms with Crippen molar-refractivity contribution >= 4 is 28.8 Å². The predicted molar refractivity (Wildman–Crippen MR) is 155 cm³/mol. The molecule has 42 heavy (non-hydrogen) atoms. The van der Waals surface area contributed by atoms with Crippen LogP contribution in [0.4, 0.5) is 5.82 Å². The molecule has 13 heteroatoms. The number of anilines is 1. The van der Waals surface area contributed by atoms with Crippen LogP contribution < -0.4 is 21.7 Å². The summed E-state index contributed by atoms with van der Waals surface area (Å²) in [6.07, 6.45) is -4.06. The Labute approximate surface area is 242 Å². The van der Waals surface area contributed by atoms with Crippen LogP contribution in [0.5, 0.6) is 0 Å². The zero-order valence-corrected chi connectivity index (χ0v) is 23.1. The number of rotatable bonds is 11. The van der Waals surface area contributed by atoms with E-state index in [1.54, 1.807) is 6.92 Å². The van der Waals surface area contributed by atoms with Gasteiger partial charge in [0.1, 0.15) is 12.2 Å². The minimum Gasteiger partial charge on any atom is -0.387 e. The van der Waals surface area contributed by atoms with Gasteiger partial charge >= 0.3 is 0 Å². The van der Waals surface area contributed by atoms with E-state index in [4.69, 9.17) is 10.5 Å². The summed E-state index contributed by atoms with van der Waals surface area (Å²) >= 11 is 0. The largest absolute Gasteiger partial charge is 0.387 e. The van der Waals surface area contributed by atoms with Gasteiger partial charge in [-0.1, -0.05) is 60.7 Å². The summed E-state index contributed by atoms with van der Waals surface area (Å²) in [6, 6.07) is 20.0. The number of hydrogen-bond donors (Lipinski definition) is 6. The van der Waals surface area contributed by atoms with Crippen molar-refractivity contribution in [2.75, 3.05) is 31.5 Å². The molecule has 3 heterocycles. The first-order chi connectivity index (χ1) is 20.4. The minimum absolute atomic E-state index is 0.0537. The van der Waals surface area contributed by atoms with Gasteiger partial charge < -0.3 is 36.6 Å². The first-order valence-electron chi connectivity index (χ1n) is 13.8. The number of fused-ring (bicyclic) bond motifs is 1. The Bertz CT molecular complexity index is 1480. The van der Waals surface area contributed by atoms with Crippen LogP contribution in [0.2, 0.25) is 0 Å². The maximum Gasteiger partial charge on any atom is 0.289 e. The van der Waals surface area contributed by atoms with E-state index in [1.165, 1.54) is 10.9 Å². The van der Waals surface area contributed by atoms with Crippen molar-refractivity contribution in [3.8, 4) is 0 Å². The van der Waals surface area contributed by atoms with E-state index in [0.717, 1.165) is 11.1 Å². The molecule has 2 aromatic heterocycles. The summed E-state index contributed by atoms with van der Waals surface area (Å²) in [4.78, 5) is 38.7. The van der Waals surface area contributed by atoms with Crippen molar-refractivity contribution in [2.45, 2.75) is 37.4 Å². The maximum absolute atomic E-state index is 12.9. The molecule has 0 unspecified atom stereocenters. The molecule has 0 aliphatic carbocycles. The second kappa shape index (κ2) is 13.0. The molecule has 4 aromatic rings. The molecule has 7 N–H and O–H groups in total. The van der Waals surface area contributed by atoms with Crippen LogP contribution in [0.15, 0.2) is 67.0 Å². The van der Waals surface area contributed by atoms with E-state index >= 15 is 0 Å². The van der Waals surface area contributed by atoms with Crippen LogP contribution in [0.25, 0.3) is 11.2 Å². The van der Waals surface area contributed by atoms with Crippen LogP contribution >= 0.6 is 0 Å². The summed E-state index contributed by atoms with van der Waals surface area (Å²) in [5.41, 5.74) is 8.22. The lowest BCUT2D eigenvalue weighted by molar-refractivity contribution is -0.137. The maximum atomic E-state index is 12.9. The summed E-state index contributed by atoms with van der Waals surface area (Å²) in [5.74, 6) is -1.01. The molecule has 1 saturated heterocycles. The van der Waals surface area contributed by atoms with Crippen LogP contribution in [-0.4, -0.2) is 86.0 Å². The van der Waals surface area contributed by atoms with Gasteiger partial charge in [-0.3, -0.25) is 14.2 Å². The second-order valence-electron chi connectivity index (χ2n) is 9.84. The number of carbonyl (C=O) groups excluding carboxylic acids is 2. The lowest BCUT2D eigenvalue weighted by Gasteiger charge is -2.20. The van der Waals surface area contributed by atoms with E-state index in [0.29, 0.717) is 24.4 Å². The Kier molecular flexibility index (Phi) is 9.03. The third kappa shape index (κ3) is 5.94. The molecule has 1 aliphatic heterocycles. The number of likely N-dealkylation sites (N-methyl/N-ethyl adjacent to an activating group) is 1. The van der Waals surface area contributed by atoms with E-state index < -0.39 is 36.4 Å². The minimum atomic E-state index is -1.48. The molecular weight excluding hydrogens is 540 g/mol. The Morgan fingerprint density at radius 3 is 2.29 bits per heavy atom. The van der Waals surface area contributed by atoms with Crippen molar-refractivity contribution in [1.29, 1.82) is 0 Å². The van der Waals surface area contributed by atoms with Crippen LogP contribution in [0, 0.1) is 0 Å². The number of nitrogens with one attached hydrogen (secondary N) is 3. The van der Waals surface area contributed by atoms with E-state index in [9.17, 15) is 19.8 Å². The van der Waals surface area contributed by atoms with Gasteiger partial charge in [-0.2, -0.15) is 0 Å². The first-order valence-corrected chi connectivity index (χ1v) is 13.8. The highest BCUT2D eigenvalue weighted by atomic mass is 16.6. The highest BCUT2D eigenvalue weighted by Gasteiger charge is 2.47. The first kappa shape index (κ1) is 29.1. The van der Waals surface area contributed by atoms with Gasteiger partial charge in [0, 0.05) is 32.1 Å². The van der Waals surface area contributed by atoms with Gasteiger partial charge in [0.2, 0.25) is 5.82 Å². The average Bonchev–Trinajstić information content (AvgIpc) is 3.57. The third-order valence-electron chi connectivity index (χ3n) is 7.05. The molecule has 220 valence electrons. The Morgan fingerprint density at radius 1 is 1.00 bits per heavy atom. The van der Waals surface area contributed by atoms with Crippen molar-refractivity contribution in [3.05, 3.63) is 83.9 Å². The zero-order chi connectivity index (χ0) is 29.6. The highest BCUT2D eigenvalue weighted by Crippen LogP contribution is 2.33. The molecular formula is C29H34N8O5. The van der Waals surface area contributed by atoms with Gasteiger partial charge in [0.15, 0.2) is 29.3 Å². The van der Waals surface area contributed by atoms with Crippen LogP contribution in [0.1, 0.15) is 40.8 Å². The smallest absolute Gasteiger partial charge is 0.289 e. The molecule has 0 bridgehead atoms. The summed E-state index contributed by atoms with van der Waals surface area (Å²) in [7, 11) is 0. The van der Waals surface area contributed by atoms with E-state index in [-0.39, 0.29) is 30.5 Å². The number of ether oxygens (including phenoxy) is 1. The van der Waals surface area contributed by atoms with Crippen molar-refractivity contribution in [3.63, 3.8) is 0 Å². The zero-order valence-electron chi connectivity index (χ0n) is 23.1. The number of aliphatic hydroxyl groups is 2. The van der Waals surface area contributed by atoms with E-state index in [1.807, 2.05) is 60.7 Å². The van der Waals surface area contributed by atoms with Gasteiger partial charge in [0.25, 0.3) is 11.8 Å². The van der Waals surface area contributed by atoms with E-state index in [2.05, 4.69) is 30.9 Å². The number of aliphatic hydroxyl groups excluding tert-OH is 2. The number of imidazole rings is 1. The number of nitrogens with two attached hydrogens (primary N) is 1. The molecule has 13 nitrogen and oxygen atoms in total. The van der Waals surface area contributed by atoms with Gasteiger partial charge in [0.05, 0.1) is 6.33 Å². The molecule has 0 saturated carbocycles. The third-order valence-corrected chi connectivity index (χ3v) is 7.05. The quantitative estimate of drug-likeness (QED) is 0.147. The molecule has 0 spiro atoms. The molecule has 4 atom stereocenters. The van der Waals surface area contributed by atoms with Crippen LogP contribution in [-0.2, 0) is 9.53 Å². The van der Waals surface area contributed by atoms with Gasteiger partial charge in [-0.15, -0.1) is 0 Å². The monoisotopic (exact) mass is 574 g/mol.